The molecule has 0 aromatic carbocycles. The number of aromatic nitrogens is 2. The maximum atomic E-state index is 11.7. The van der Waals surface area contributed by atoms with Crippen molar-refractivity contribution in [1.82, 2.24) is 14.5 Å². The number of amides is 1. The summed E-state index contributed by atoms with van der Waals surface area (Å²) >= 11 is 0. The van der Waals surface area contributed by atoms with Gasteiger partial charge in [0.1, 0.15) is 5.69 Å². The fraction of sp³-hybridized carbons (Fsp3) is 0.556. The summed E-state index contributed by atoms with van der Waals surface area (Å²) < 4.78 is 1.65. The van der Waals surface area contributed by atoms with Crippen molar-refractivity contribution < 1.29 is 9.90 Å². The number of rotatable bonds is 3. The van der Waals surface area contributed by atoms with Crippen molar-refractivity contribution in [3.8, 4) is 0 Å². The lowest BCUT2D eigenvalue weighted by Gasteiger charge is -2.18. The number of aliphatic hydroxyl groups excluding tert-OH is 1. The minimum atomic E-state index is -0.517. The second-order valence-corrected chi connectivity index (χ2v) is 3.42. The molecule has 0 saturated carbocycles. The Morgan fingerprint density at radius 2 is 2.43 bits per heavy atom. The summed E-state index contributed by atoms with van der Waals surface area (Å²) in [6, 6.07) is 0. The van der Waals surface area contributed by atoms with Crippen LogP contribution in [-0.4, -0.2) is 45.2 Å². The molecule has 0 aliphatic carbocycles. The second kappa shape index (κ2) is 4.23. The third-order valence-electron chi connectivity index (χ3n) is 1.92. The molecule has 5 heteroatoms. The van der Waals surface area contributed by atoms with E-state index in [4.69, 9.17) is 5.11 Å². The Morgan fingerprint density at radius 1 is 1.79 bits per heavy atom. The Labute approximate surface area is 83.0 Å². The molecule has 1 aromatic rings. The summed E-state index contributed by atoms with van der Waals surface area (Å²) in [5.41, 5.74) is 0.521. The van der Waals surface area contributed by atoms with Gasteiger partial charge in [0.2, 0.25) is 0 Å². The Balaban J connectivity index is 2.71. The van der Waals surface area contributed by atoms with Crippen molar-refractivity contribution in [3.63, 3.8) is 0 Å². The van der Waals surface area contributed by atoms with E-state index in [1.54, 1.807) is 31.9 Å². The monoisotopic (exact) mass is 197 g/mol. The molecular weight excluding hydrogens is 182 g/mol. The fourth-order valence-electron chi connectivity index (χ4n) is 1.24. The standard InChI is InChI=1S/C9H15N3O2/c1-7(13)5-11(2)9(14)8-4-10-6-12(8)3/h4,6-7,13H,5H2,1-3H3. The first-order valence-electron chi connectivity index (χ1n) is 4.42. The molecule has 14 heavy (non-hydrogen) atoms. The number of imidazole rings is 1. The predicted molar refractivity (Wildman–Crippen MR) is 51.8 cm³/mol. The van der Waals surface area contributed by atoms with Crippen molar-refractivity contribution in [2.45, 2.75) is 13.0 Å². The highest BCUT2D eigenvalue weighted by Gasteiger charge is 2.15. The first-order chi connectivity index (χ1) is 6.52. The van der Waals surface area contributed by atoms with Crippen LogP contribution in [0.5, 0.6) is 0 Å². The van der Waals surface area contributed by atoms with Crippen LogP contribution < -0.4 is 0 Å². The van der Waals surface area contributed by atoms with E-state index in [0.29, 0.717) is 12.2 Å². The summed E-state index contributed by atoms with van der Waals surface area (Å²) in [7, 11) is 3.42. The van der Waals surface area contributed by atoms with Crippen LogP contribution in [-0.2, 0) is 7.05 Å². The first-order valence-corrected chi connectivity index (χ1v) is 4.42. The maximum absolute atomic E-state index is 11.7. The number of carbonyl (C=O) groups excluding carboxylic acids is 1. The van der Waals surface area contributed by atoms with Gasteiger partial charge in [0.15, 0.2) is 0 Å². The number of aliphatic hydroxyl groups is 1. The van der Waals surface area contributed by atoms with Crippen molar-refractivity contribution in [3.05, 3.63) is 18.2 Å². The SMILES string of the molecule is CC(O)CN(C)C(=O)c1cncn1C. The zero-order valence-corrected chi connectivity index (χ0v) is 8.64. The van der Waals surface area contributed by atoms with E-state index in [1.807, 2.05) is 0 Å². The summed E-state index contributed by atoms with van der Waals surface area (Å²) in [4.78, 5) is 17.0. The summed E-state index contributed by atoms with van der Waals surface area (Å²) in [6.07, 6.45) is 2.57. The zero-order valence-electron chi connectivity index (χ0n) is 8.64. The highest BCUT2D eigenvalue weighted by atomic mass is 16.3. The molecule has 0 saturated heterocycles. The maximum Gasteiger partial charge on any atom is 0.271 e. The topological polar surface area (TPSA) is 58.4 Å². The van der Waals surface area contributed by atoms with Crippen molar-refractivity contribution in [2.75, 3.05) is 13.6 Å². The van der Waals surface area contributed by atoms with E-state index >= 15 is 0 Å². The summed E-state index contributed by atoms with van der Waals surface area (Å²) in [5, 5.41) is 9.12. The molecule has 1 amide bonds. The summed E-state index contributed by atoms with van der Waals surface area (Å²) in [6.45, 7) is 1.97. The van der Waals surface area contributed by atoms with Crippen LogP contribution in [0.1, 0.15) is 17.4 Å². The van der Waals surface area contributed by atoms with E-state index < -0.39 is 6.10 Å². The van der Waals surface area contributed by atoms with Crippen LogP contribution in [0.4, 0.5) is 0 Å². The molecule has 0 radical (unpaired) electrons. The average molecular weight is 197 g/mol. The molecular formula is C9H15N3O2. The first kappa shape index (κ1) is 10.7. The predicted octanol–water partition coefficient (Wildman–Crippen LogP) is -0.127. The van der Waals surface area contributed by atoms with Crippen LogP contribution in [0.15, 0.2) is 12.5 Å². The van der Waals surface area contributed by atoms with Gasteiger partial charge in [-0.1, -0.05) is 0 Å². The van der Waals surface area contributed by atoms with E-state index in [0.717, 1.165) is 0 Å². The Bertz CT molecular complexity index is 320. The Kier molecular flexibility index (Phi) is 3.24. The van der Waals surface area contributed by atoms with E-state index in [-0.39, 0.29) is 5.91 Å². The molecule has 1 N–H and O–H groups in total. The number of hydrogen-bond donors (Lipinski definition) is 1. The molecule has 1 unspecified atom stereocenters. The van der Waals surface area contributed by atoms with Crippen LogP contribution >= 0.6 is 0 Å². The number of nitrogens with zero attached hydrogens (tertiary/aromatic N) is 3. The molecule has 0 aliphatic heterocycles. The van der Waals surface area contributed by atoms with Crippen LogP contribution in [0.25, 0.3) is 0 Å². The molecule has 1 rings (SSSR count). The van der Waals surface area contributed by atoms with Gasteiger partial charge in [-0.15, -0.1) is 0 Å². The number of aryl methyl sites for hydroxylation is 1. The van der Waals surface area contributed by atoms with Crippen molar-refractivity contribution in [2.24, 2.45) is 7.05 Å². The second-order valence-electron chi connectivity index (χ2n) is 3.42. The van der Waals surface area contributed by atoms with Gasteiger partial charge in [0.25, 0.3) is 5.91 Å². The smallest absolute Gasteiger partial charge is 0.271 e. The summed E-state index contributed by atoms with van der Waals surface area (Å²) in [5.74, 6) is -0.133. The minimum absolute atomic E-state index is 0.133. The highest BCUT2D eigenvalue weighted by molar-refractivity contribution is 5.92. The number of likely N-dealkylation sites (N-methyl/N-ethyl adjacent to an activating group) is 1. The quantitative estimate of drug-likeness (QED) is 0.734. The molecule has 1 aromatic heterocycles. The number of hydrogen-bond acceptors (Lipinski definition) is 3. The largest absolute Gasteiger partial charge is 0.392 e. The van der Waals surface area contributed by atoms with Gasteiger partial charge >= 0.3 is 0 Å². The highest BCUT2D eigenvalue weighted by Crippen LogP contribution is 2.01. The van der Waals surface area contributed by atoms with Gasteiger partial charge in [0, 0.05) is 20.6 Å². The lowest BCUT2D eigenvalue weighted by Crippen LogP contribution is -2.33. The average Bonchev–Trinajstić information content (AvgIpc) is 2.48. The molecule has 0 bridgehead atoms. The fourth-order valence-corrected chi connectivity index (χ4v) is 1.24. The molecule has 0 aliphatic rings. The lowest BCUT2D eigenvalue weighted by atomic mass is 10.3. The van der Waals surface area contributed by atoms with Gasteiger partial charge < -0.3 is 14.6 Å². The number of carbonyl (C=O) groups is 1. The lowest BCUT2D eigenvalue weighted by molar-refractivity contribution is 0.0694. The van der Waals surface area contributed by atoms with Gasteiger partial charge in [0.05, 0.1) is 18.6 Å². The molecule has 0 fully saturated rings. The van der Waals surface area contributed by atoms with E-state index in [2.05, 4.69) is 4.98 Å². The van der Waals surface area contributed by atoms with Gasteiger partial charge in [-0.2, -0.15) is 0 Å². The van der Waals surface area contributed by atoms with Gasteiger partial charge in [-0.05, 0) is 6.92 Å². The Morgan fingerprint density at radius 3 is 2.86 bits per heavy atom. The molecule has 1 atom stereocenters. The normalized spacial score (nSPS) is 12.6. The van der Waals surface area contributed by atoms with E-state index in [9.17, 15) is 4.79 Å². The third-order valence-corrected chi connectivity index (χ3v) is 1.92. The van der Waals surface area contributed by atoms with Gasteiger partial charge in [-0.25, -0.2) is 4.98 Å². The van der Waals surface area contributed by atoms with Crippen molar-refractivity contribution in [1.29, 1.82) is 0 Å². The van der Waals surface area contributed by atoms with Crippen LogP contribution in [0.2, 0.25) is 0 Å². The third kappa shape index (κ3) is 2.32. The molecule has 0 spiro atoms. The molecule has 78 valence electrons. The van der Waals surface area contributed by atoms with Crippen molar-refractivity contribution >= 4 is 5.91 Å². The Hall–Kier alpha value is -1.36. The van der Waals surface area contributed by atoms with Crippen LogP contribution in [0, 0.1) is 0 Å². The van der Waals surface area contributed by atoms with Gasteiger partial charge in [-0.3, -0.25) is 4.79 Å². The molecule has 5 nitrogen and oxygen atoms in total. The van der Waals surface area contributed by atoms with E-state index in [1.165, 1.54) is 11.1 Å². The molecule has 1 heterocycles. The van der Waals surface area contributed by atoms with Crippen LogP contribution in [0.3, 0.4) is 0 Å². The minimum Gasteiger partial charge on any atom is -0.392 e. The zero-order chi connectivity index (χ0) is 10.7.